The topological polar surface area (TPSA) is 84.7 Å². The fraction of sp³-hybridized carbons (Fsp3) is 0.368. The smallest absolute Gasteiger partial charge is 0.251 e. The van der Waals surface area contributed by atoms with Crippen LogP contribution in [0.1, 0.15) is 42.1 Å². The van der Waals surface area contributed by atoms with Gasteiger partial charge in [0, 0.05) is 29.7 Å². The molecular formula is C19H20Cl2N6O. The molecule has 3 aromatic rings. The SMILES string of the molecule is O=C(NCCNc1nc(Cl)nc2c1ncn2C1CCCC1)c1cccc(Cl)c1. The molecule has 4 rings (SSSR count). The third-order valence-corrected chi connectivity index (χ3v) is 5.31. The average Bonchev–Trinajstić information content (AvgIpc) is 3.34. The predicted molar refractivity (Wildman–Crippen MR) is 110 cm³/mol. The Morgan fingerprint density at radius 2 is 2.00 bits per heavy atom. The molecule has 1 fully saturated rings. The molecule has 1 amide bonds. The maximum absolute atomic E-state index is 12.2. The van der Waals surface area contributed by atoms with Crippen molar-refractivity contribution in [1.82, 2.24) is 24.8 Å². The normalized spacial score (nSPS) is 14.5. The minimum Gasteiger partial charge on any atom is -0.366 e. The highest BCUT2D eigenvalue weighted by Gasteiger charge is 2.21. The Hall–Kier alpha value is -2.38. The van der Waals surface area contributed by atoms with Crippen LogP contribution in [0, 0.1) is 0 Å². The first-order chi connectivity index (χ1) is 13.6. The van der Waals surface area contributed by atoms with Crippen molar-refractivity contribution in [3.8, 4) is 0 Å². The largest absolute Gasteiger partial charge is 0.366 e. The summed E-state index contributed by atoms with van der Waals surface area (Å²) in [7, 11) is 0. The summed E-state index contributed by atoms with van der Waals surface area (Å²) in [5, 5.41) is 6.75. The molecular weight excluding hydrogens is 399 g/mol. The van der Waals surface area contributed by atoms with Gasteiger partial charge in [0.05, 0.1) is 6.33 Å². The first-order valence-corrected chi connectivity index (χ1v) is 10.0. The number of imidazole rings is 1. The Kier molecular flexibility index (Phi) is 5.64. The third-order valence-electron chi connectivity index (χ3n) is 4.90. The number of benzene rings is 1. The van der Waals surface area contributed by atoms with Crippen LogP contribution in [-0.2, 0) is 0 Å². The van der Waals surface area contributed by atoms with E-state index in [2.05, 4.69) is 30.2 Å². The lowest BCUT2D eigenvalue weighted by Crippen LogP contribution is -2.29. The summed E-state index contributed by atoms with van der Waals surface area (Å²) >= 11 is 12.1. The van der Waals surface area contributed by atoms with Gasteiger partial charge < -0.3 is 15.2 Å². The summed E-state index contributed by atoms with van der Waals surface area (Å²) in [5.41, 5.74) is 1.96. The molecule has 2 aromatic heterocycles. The van der Waals surface area contributed by atoms with Gasteiger partial charge in [-0.25, -0.2) is 4.98 Å². The van der Waals surface area contributed by atoms with Crippen LogP contribution < -0.4 is 10.6 Å². The van der Waals surface area contributed by atoms with Crippen LogP contribution in [0.15, 0.2) is 30.6 Å². The Labute approximate surface area is 172 Å². The zero-order chi connectivity index (χ0) is 19.5. The first-order valence-electron chi connectivity index (χ1n) is 9.29. The number of carbonyl (C=O) groups is 1. The van der Waals surface area contributed by atoms with Crippen LogP contribution in [0.4, 0.5) is 5.82 Å². The highest BCUT2D eigenvalue weighted by atomic mass is 35.5. The fourth-order valence-corrected chi connectivity index (χ4v) is 3.91. The van der Waals surface area contributed by atoms with E-state index >= 15 is 0 Å². The van der Waals surface area contributed by atoms with Crippen molar-refractivity contribution in [2.75, 3.05) is 18.4 Å². The van der Waals surface area contributed by atoms with E-state index in [9.17, 15) is 4.79 Å². The molecule has 146 valence electrons. The number of carbonyl (C=O) groups excluding carboxylic acids is 1. The Bertz CT molecular complexity index is 999. The number of nitrogens with zero attached hydrogens (tertiary/aromatic N) is 4. The van der Waals surface area contributed by atoms with Crippen molar-refractivity contribution in [3.05, 3.63) is 46.5 Å². The number of anilines is 1. The van der Waals surface area contributed by atoms with E-state index in [1.165, 1.54) is 12.8 Å². The summed E-state index contributed by atoms with van der Waals surface area (Å²) in [6, 6.07) is 7.25. The highest BCUT2D eigenvalue weighted by Crippen LogP contribution is 2.32. The maximum Gasteiger partial charge on any atom is 0.251 e. The van der Waals surface area contributed by atoms with E-state index < -0.39 is 0 Å². The van der Waals surface area contributed by atoms with Gasteiger partial charge in [-0.2, -0.15) is 9.97 Å². The molecule has 0 spiro atoms. The number of aromatic nitrogens is 4. The number of amides is 1. The summed E-state index contributed by atoms with van der Waals surface area (Å²) in [6.45, 7) is 0.892. The fourth-order valence-electron chi connectivity index (χ4n) is 3.55. The quantitative estimate of drug-likeness (QED) is 0.465. The van der Waals surface area contributed by atoms with E-state index in [-0.39, 0.29) is 11.2 Å². The van der Waals surface area contributed by atoms with E-state index in [1.54, 1.807) is 24.3 Å². The van der Waals surface area contributed by atoms with Gasteiger partial charge in [-0.15, -0.1) is 0 Å². The minimum absolute atomic E-state index is 0.178. The molecule has 0 saturated heterocycles. The van der Waals surface area contributed by atoms with Gasteiger partial charge in [-0.1, -0.05) is 30.5 Å². The van der Waals surface area contributed by atoms with Crippen LogP contribution >= 0.6 is 23.2 Å². The van der Waals surface area contributed by atoms with Crippen molar-refractivity contribution in [2.45, 2.75) is 31.7 Å². The van der Waals surface area contributed by atoms with Crippen molar-refractivity contribution in [3.63, 3.8) is 0 Å². The molecule has 0 unspecified atom stereocenters. The number of hydrogen-bond acceptors (Lipinski definition) is 5. The summed E-state index contributed by atoms with van der Waals surface area (Å²) < 4.78 is 2.10. The van der Waals surface area contributed by atoms with Gasteiger partial charge in [-0.3, -0.25) is 4.79 Å². The first kappa shape index (κ1) is 19.0. The zero-order valence-corrected chi connectivity index (χ0v) is 16.7. The van der Waals surface area contributed by atoms with E-state index in [0.29, 0.717) is 41.1 Å². The van der Waals surface area contributed by atoms with Crippen LogP contribution in [0.25, 0.3) is 11.2 Å². The van der Waals surface area contributed by atoms with E-state index in [4.69, 9.17) is 23.2 Å². The Morgan fingerprint density at radius 1 is 1.18 bits per heavy atom. The van der Waals surface area contributed by atoms with E-state index in [0.717, 1.165) is 18.5 Å². The molecule has 0 aliphatic heterocycles. The van der Waals surface area contributed by atoms with Crippen molar-refractivity contribution in [1.29, 1.82) is 0 Å². The van der Waals surface area contributed by atoms with Gasteiger partial charge in [0.2, 0.25) is 5.28 Å². The van der Waals surface area contributed by atoms with Crippen LogP contribution in [0.2, 0.25) is 10.3 Å². The summed E-state index contributed by atoms with van der Waals surface area (Å²) in [6.07, 6.45) is 6.52. The molecule has 9 heteroatoms. The molecule has 28 heavy (non-hydrogen) atoms. The molecule has 0 atom stereocenters. The summed E-state index contributed by atoms with van der Waals surface area (Å²) in [4.78, 5) is 25.3. The lowest BCUT2D eigenvalue weighted by molar-refractivity contribution is 0.0955. The van der Waals surface area contributed by atoms with Crippen molar-refractivity contribution < 1.29 is 4.79 Å². The summed E-state index contributed by atoms with van der Waals surface area (Å²) in [5.74, 6) is 0.393. The number of halogens is 2. The second-order valence-electron chi connectivity index (χ2n) is 6.80. The number of fused-ring (bicyclic) bond motifs is 1. The van der Waals surface area contributed by atoms with Crippen molar-refractivity contribution in [2.24, 2.45) is 0 Å². The number of hydrogen-bond donors (Lipinski definition) is 2. The van der Waals surface area contributed by atoms with Crippen LogP contribution in [0.5, 0.6) is 0 Å². The maximum atomic E-state index is 12.2. The molecule has 1 aliphatic rings. The Morgan fingerprint density at radius 3 is 2.79 bits per heavy atom. The Balaban J connectivity index is 1.41. The van der Waals surface area contributed by atoms with Crippen LogP contribution in [-0.4, -0.2) is 38.5 Å². The van der Waals surface area contributed by atoms with Gasteiger partial charge >= 0.3 is 0 Å². The molecule has 1 aromatic carbocycles. The molecule has 2 N–H and O–H groups in total. The average molecular weight is 419 g/mol. The monoisotopic (exact) mass is 418 g/mol. The lowest BCUT2D eigenvalue weighted by Gasteiger charge is -2.12. The predicted octanol–water partition coefficient (Wildman–Crippen LogP) is 4.09. The molecule has 7 nitrogen and oxygen atoms in total. The standard InChI is InChI=1S/C19H20Cl2N6O/c20-13-5-3-4-12(10-13)18(28)23-9-8-22-16-15-17(26-19(21)25-16)27(11-24-15)14-6-1-2-7-14/h3-5,10-11,14H,1-2,6-9H2,(H,23,28)(H,22,25,26). The molecule has 2 heterocycles. The third kappa shape index (κ3) is 4.05. The highest BCUT2D eigenvalue weighted by molar-refractivity contribution is 6.31. The van der Waals surface area contributed by atoms with Gasteiger partial charge in [-0.05, 0) is 42.6 Å². The van der Waals surface area contributed by atoms with Crippen LogP contribution in [0.3, 0.4) is 0 Å². The molecule has 1 saturated carbocycles. The van der Waals surface area contributed by atoms with Gasteiger partial charge in [0.1, 0.15) is 0 Å². The van der Waals surface area contributed by atoms with E-state index in [1.807, 2.05) is 6.33 Å². The molecule has 1 aliphatic carbocycles. The van der Waals surface area contributed by atoms with Crippen molar-refractivity contribution >= 4 is 46.1 Å². The number of nitrogens with one attached hydrogen (secondary N) is 2. The lowest BCUT2D eigenvalue weighted by atomic mass is 10.2. The van der Waals surface area contributed by atoms with Gasteiger partial charge in [0.25, 0.3) is 5.91 Å². The number of rotatable bonds is 6. The van der Waals surface area contributed by atoms with Gasteiger partial charge in [0.15, 0.2) is 17.0 Å². The second kappa shape index (κ2) is 8.32. The minimum atomic E-state index is -0.180. The molecule has 0 bridgehead atoms. The zero-order valence-electron chi connectivity index (χ0n) is 15.2. The molecule has 0 radical (unpaired) electrons. The second-order valence-corrected chi connectivity index (χ2v) is 7.57.